The van der Waals surface area contributed by atoms with Gasteiger partial charge in [-0.25, -0.2) is 9.59 Å². The van der Waals surface area contributed by atoms with Gasteiger partial charge in [0.25, 0.3) is 5.91 Å². The van der Waals surface area contributed by atoms with Gasteiger partial charge in [-0.05, 0) is 88.8 Å². The second-order valence-corrected chi connectivity index (χ2v) is 11.4. The van der Waals surface area contributed by atoms with Crippen LogP contribution in [0.4, 0.5) is 18.9 Å². The van der Waals surface area contributed by atoms with E-state index in [1.54, 1.807) is 38.1 Å². The second-order valence-electron chi connectivity index (χ2n) is 11.4. The summed E-state index contributed by atoms with van der Waals surface area (Å²) >= 11 is 0. The van der Waals surface area contributed by atoms with E-state index in [1.165, 1.54) is 24.3 Å². The molecule has 1 aliphatic rings. The van der Waals surface area contributed by atoms with Crippen LogP contribution in [-0.4, -0.2) is 79.6 Å². The number of rotatable bonds is 11. The summed E-state index contributed by atoms with van der Waals surface area (Å²) in [6, 6.07) is 13.8. The van der Waals surface area contributed by atoms with E-state index in [-0.39, 0.29) is 42.5 Å². The smallest absolute Gasteiger partial charge is 0.421 e. The molecule has 0 aliphatic carbocycles. The normalized spacial score (nSPS) is 14.5. The molecular weight excluding hydrogens is 641 g/mol. The summed E-state index contributed by atoms with van der Waals surface area (Å²) in [6.07, 6.45) is -0.127. The van der Waals surface area contributed by atoms with Gasteiger partial charge >= 0.3 is 18.1 Å². The number of hydrogen-bond acceptors (Lipinski definition) is 8. The van der Waals surface area contributed by atoms with Crippen LogP contribution in [0.2, 0.25) is 0 Å². The van der Waals surface area contributed by atoms with Gasteiger partial charge in [0.05, 0.1) is 36.1 Å². The minimum absolute atomic E-state index is 0.0141. The molecule has 10 nitrogen and oxygen atoms in total. The fraction of sp³-hybridized carbons (Fsp3) is 0.333. The topological polar surface area (TPSA) is 135 Å². The first-order valence-electron chi connectivity index (χ1n) is 15.8. The van der Waals surface area contributed by atoms with E-state index in [4.69, 9.17) is 15.2 Å². The van der Waals surface area contributed by atoms with E-state index in [2.05, 4.69) is 16.9 Å². The maximum Gasteiger partial charge on any atom is 0.421 e. The van der Waals surface area contributed by atoms with Crippen LogP contribution in [0.1, 0.15) is 74.5 Å². The molecule has 0 aromatic heterocycles. The number of halogens is 3. The minimum Gasteiger partial charge on any atom is -0.507 e. The predicted molar refractivity (Wildman–Crippen MR) is 180 cm³/mol. The van der Waals surface area contributed by atoms with Crippen LogP contribution in [-0.2, 0) is 15.7 Å². The Labute approximate surface area is 282 Å². The molecule has 13 heteroatoms. The fourth-order valence-electron chi connectivity index (χ4n) is 5.42. The number of ether oxygens (including phenoxy) is 2. The summed E-state index contributed by atoms with van der Waals surface area (Å²) in [6.45, 7) is 4.59. The quantitative estimate of drug-likeness (QED) is 0.145. The van der Waals surface area contributed by atoms with Crippen molar-refractivity contribution in [2.24, 2.45) is 10.7 Å². The maximum atomic E-state index is 14.2. The van der Waals surface area contributed by atoms with Gasteiger partial charge in [0.2, 0.25) is 0 Å². The average Bonchev–Trinajstić information content (AvgIpc) is 3.07. The molecule has 0 radical (unpaired) electrons. The number of aliphatic imine (C=N–C) groups is 1. The Morgan fingerprint density at radius 3 is 2.27 bits per heavy atom. The third kappa shape index (κ3) is 9.26. The number of benzene rings is 3. The van der Waals surface area contributed by atoms with Crippen molar-refractivity contribution in [1.82, 2.24) is 4.90 Å². The summed E-state index contributed by atoms with van der Waals surface area (Å²) < 4.78 is 52.8. The number of likely N-dealkylation sites (tertiary alicyclic amines) is 1. The monoisotopic (exact) mass is 680 g/mol. The molecule has 4 rings (SSSR count). The van der Waals surface area contributed by atoms with Crippen molar-refractivity contribution >= 4 is 35.4 Å². The number of nitrogens with zero attached hydrogens (tertiary/aromatic N) is 3. The second kappa shape index (κ2) is 16.3. The molecule has 0 spiro atoms. The van der Waals surface area contributed by atoms with Crippen molar-refractivity contribution in [3.05, 3.63) is 100 Å². The van der Waals surface area contributed by atoms with Gasteiger partial charge in [-0.3, -0.25) is 9.79 Å². The standard InChI is InChI=1S/C36H39F3N4O6/c1-4-48-34(46)27-15-14-25(22-28(27)35(47)49-5-2)33(45)43(29-12-7-13-30(44)31(29)36(37,38)39)18-8-10-23-9-6-11-24(21-23)32(40)41-26-16-19-42(3)20-17-26/h6-15,21-22,26,44H,4-5,16-20H2,1-3H3,(H2,40,41)/b10-8-. The molecule has 1 amide bonds. The SMILES string of the molecule is CCOC(=O)c1ccc(C(=O)N(C/C=C\c2cccc(C(N)=NC3CCN(C)CC3)c2)c2cccc(O)c2C(F)(F)F)cc1C(=O)OCC. The lowest BCUT2D eigenvalue weighted by molar-refractivity contribution is -0.138. The number of hydrogen-bond donors (Lipinski definition) is 2. The van der Waals surface area contributed by atoms with E-state index in [0.717, 1.165) is 49.0 Å². The minimum atomic E-state index is -5.02. The van der Waals surface area contributed by atoms with Gasteiger partial charge in [-0.2, -0.15) is 13.2 Å². The van der Waals surface area contributed by atoms with Crippen molar-refractivity contribution in [1.29, 1.82) is 0 Å². The molecule has 0 atom stereocenters. The Hall–Kier alpha value is -5.17. The van der Waals surface area contributed by atoms with Crippen molar-refractivity contribution in [3.8, 4) is 5.75 Å². The van der Waals surface area contributed by atoms with E-state index < -0.39 is 41.0 Å². The number of aromatic hydroxyl groups is 1. The van der Waals surface area contributed by atoms with Crippen LogP contribution in [0.3, 0.4) is 0 Å². The summed E-state index contributed by atoms with van der Waals surface area (Å²) in [5, 5.41) is 10.3. The molecule has 260 valence electrons. The Morgan fingerprint density at radius 2 is 1.61 bits per heavy atom. The average molecular weight is 681 g/mol. The van der Waals surface area contributed by atoms with Gasteiger partial charge in [0, 0.05) is 17.7 Å². The molecule has 3 aromatic carbocycles. The first-order valence-corrected chi connectivity index (χ1v) is 15.8. The number of carbonyl (C=O) groups excluding carboxylic acids is 3. The molecular formula is C36H39F3N4O6. The summed E-state index contributed by atoms with van der Waals surface area (Å²) in [7, 11) is 2.06. The number of phenols is 1. The number of amidine groups is 1. The number of piperidine rings is 1. The van der Waals surface area contributed by atoms with Gasteiger partial charge in [-0.15, -0.1) is 0 Å². The number of phenolic OH excluding ortho intramolecular Hbond substituents is 1. The molecule has 1 aliphatic heterocycles. The largest absolute Gasteiger partial charge is 0.507 e. The lowest BCUT2D eigenvalue weighted by Crippen LogP contribution is -2.33. The van der Waals surface area contributed by atoms with Gasteiger partial charge in [0.15, 0.2) is 0 Å². The summed E-state index contributed by atoms with van der Waals surface area (Å²) in [5.41, 5.74) is 4.96. The van der Waals surface area contributed by atoms with Crippen molar-refractivity contribution in [2.75, 3.05) is 44.8 Å². The highest BCUT2D eigenvalue weighted by Crippen LogP contribution is 2.42. The van der Waals surface area contributed by atoms with E-state index in [9.17, 15) is 32.7 Å². The highest BCUT2D eigenvalue weighted by molar-refractivity contribution is 6.10. The first kappa shape index (κ1) is 36.7. The number of nitrogens with two attached hydrogens (primary N) is 1. The predicted octanol–water partition coefficient (Wildman–Crippen LogP) is 5.92. The molecule has 3 N–H and O–H groups in total. The third-order valence-corrected chi connectivity index (χ3v) is 7.89. The van der Waals surface area contributed by atoms with Crippen LogP contribution in [0.25, 0.3) is 6.08 Å². The first-order chi connectivity index (χ1) is 23.3. The Balaban J connectivity index is 1.71. The Morgan fingerprint density at radius 1 is 0.959 bits per heavy atom. The molecule has 0 unspecified atom stereocenters. The zero-order valence-corrected chi connectivity index (χ0v) is 27.5. The molecule has 0 bridgehead atoms. The third-order valence-electron chi connectivity index (χ3n) is 7.89. The van der Waals surface area contributed by atoms with E-state index in [1.807, 2.05) is 6.07 Å². The van der Waals surface area contributed by atoms with Gasteiger partial charge < -0.3 is 30.1 Å². The van der Waals surface area contributed by atoms with Crippen LogP contribution in [0.5, 0.6) is 5.75 Å². The van der Waals surface area contributed by atoms with Crippen LogP contribution in [0.15, 0.2) is 71.7 Å². The number of anilines is 1. The van der Waals surface area contributed by atoms with E-state index in [0.29, 0.717) is 17.0 Å². The van der Waals surface area contributed by atoms with Gasteiger partial charge in [-0.1, -0.05) is 36.4 Å². The molecule has 1 heterocycles. The lowest BCUT2D eigenvalue weighted by atomic mass is 10.0. The zero-order chi connectivity index (χ0) is 35.7. The highest BCUT2D eigenvalue weighted by atomic mass is 19.4. The van der Waals surface area contributed by atoms with Crippen LogP contribution >= 0.6 is 0 Å². The Kier molecular flexibility index (Phi) is 12.2. The van der Waals surface area contributed by atoms with Crippen molar-refractivity contribution in [3.63, 3.8) is 0 Å². The van der Waals surface area contributed by atoms with Crippen LogP contribution in [0, 0.1) is 0 Å². The fourth-order valence-corrected chi connectivity index (χ4v) is 5.42. The lowest BCUT2D eigenvalue weighted by Gasteiger charge is -2.26. The molecule has 49 heavy (non-hydrogen) atoms. The van der Waals surface area contributed by atoms with E-state index >= 15 is 0 Å². The molecule has 1 saturated heterocycles. The van der Waals surface area contributed by atoms with Crippen molar-refractivity contribution < 1.29 is 42.1 Å². The molecule has 3 aromatic rings. The highest BCUT2D eigenvalue weighted by Gasteiger charge is 2.39. The molecule has 1 fully saturated rings. The number of esters is 2. The maximum absolute atomic E-state index is 14.2. The number of amides is 1. The van der Waals surface area contributed by atoms with Crippen LogP contribution < -0.4 is 10.6 Å². The summed E-state index contributed by atoms with van der Waals surface area (Å²) in [4.78, 5) is 47.1. The Bertz CT molecular complexity index is 1730. The van der Waals surface area contributed by atoms with Crippen molar-refractivity contribution in [2.45, 2.75) is 38.9 Å². The number of carbonyl (C=O) groups is 3. The zero-order valence-electron chi connectivity index (χ0n) is 27.5. The van der Waals surface area contributed by atoms with Gasteiger partial charge in [0.1, 0.15) is 17.1 Å². The number of alkyl halides is 3. The summed E-state index contributed by atoms with van der Waals surface area (Å²) in [5.74, 6) is -3.39. The molecule has 0 saturated carbocycles.